The van der Waals surface area contributed by atoms with Gasteiger partial charge in [-0.1, -0.05) is 5.16 Å². The molecule has 0 radical (unpaired) electrons. The number of thioether (sulfide) groups is 2. The van der Waals surface area contributed by atoms with E-state index >= 15 is 0 Å². The second-order valence-electron chi connectivity index (χ2n) is 5.25. The summed E-state index contributed by atoms with van der Waals surface area (Å²) in [5.74, 6) is 3.62. The third-order valence-electron chi connectivity index (χ3n) is 3.27. The van der Waals surface area contributed by atoms with Gasteiger partial charge in [-0.25, -0.2) is 4.98 Å². The lowest BCUT2D eigenvalue weighted by atomic mass is 10.4. The molecule has 0 fully saturated rings. The molecule has 0 aliphatic rings. The average Bonchev–Trinajstić information content (AvgIpc) is 3.25. The smallest absolute Gasteiger partial charge is 0.274 e. The highest BCUT2D eigenvalue weighted by Gasteiger charge is 2.04. The van der Waals surface area contributed by atoms with Crippen molar-refractivity contribution in [3.63, 3.8) is 0 Å². The molecule has 0 amide bonds. The van der Waals surface area contributed by atoms with Gasteiger partial charge in [0.2, 0.25) is 0 Å². The van der Waals surface area contributed by atoms with Gasteiger partial charge >= 0.3 is 0 Å². The van der Waals surface area contributed by atoms with Crippen LogP contribution in [0.4, 0.5) is 0 Å². The minimum absolute atomic E-state index is 0.425. The van der Waals surface area contributed by atoms with Crippen LogP contribution in [0.15, 0.2) is 35.2 Å². The van der Waals surface area contributed by atoms with Gasteiger partial charge in [0.15, 0.2) is 5.82 Å². The average molecular weight is 399 g/mol. The van der Waals surface area contributed by atoms with E-state index in [1.165, 1.54) is 0 Å². The number of nitrogens with one attached hydrogen (secondary N) is 3. The molecule has 2 aromatic rings. The van der Waals surface area contributed by atoms with E-state index in [9.17, 15) is 10.1 Å². The summed E-state index contributed by atoms with van der Waals surface area (Å²) in [4.78, 5) is 17.6. The predicted octanol–water partition coefficient (Wildman–Crippen LogP) is 2.13. The highest BCUT2D eigenvalue weighted by Crippen LogP contribution is 2.12. The molecule has 2 rings (SSSR count). The normalized spacial score (nSPS) is 11.5. The molecule has 2 heterocycles. The minimum atomic E-state index is -0.460. The maximum Gasteiger partial charge on any atom is 0.274 e. The first-order valence-electron chi connectivity index (χ1n) is 8.02. The van der Waals surface area contributed by atoms with Crippen LogP contribution in [0.2, 0.25) is 0 Å². The van der Waals surface area contributed by atoms with Gasteiger partial charge in [-0.3, -0.25) is 10.1 Å². The van der Waals surface area contributed by atoms with E-state index in [2.05, 4.69) is 25.8 Å². The summed E-state index contributed by atoms with van der Waals surface area (Å²) in [6, 6.07) is 1.82. The summed E-state index contributed by atoms with van der Waals surface area (Å²) < 4.78 is 4.77. The fourth-order valence-corrected chi connectivity index (χ4v) is 3.59. The molecular formula is C15H22N6O3S2. The molecule has 0 aliphatic carbocycles. The Kier molecular flexibility index (Phi) is 8.90. The molecule has 0 aliphatic heterocycles. The number of nitro groups is 1. The Hall–Kier alpha value is -2.14. The molecule has 0 unspecified atom stereocenters. The largest absolute Gasteiger partial charge is 0.366 e. The van der Waals surface area contributed by atoms with Crippen molar-refractivity contribution in [3.8, 4) is 0 Å². The van der Waals surface area contributed by atoms with E-state index in [1.807, 2.05) is 13.0 Å². The Morgan fingerprint density at radius 1 is 1.35 bits per heavy atom. The lowest BCUT2D eigenvalue weighted by molar-refractivity contribution is -0.404. The molecule has 3 N–H and O–H groups in total. The minimum Gasteiger partial charge on any atom is -0.366 e. The van der Waals surface area contributed by atoms with Crippen molar-refractivity contribution in [1.82, 2.24) is 25.8 Å². The van der Waals surface area contributed by atoms with Gasteiger partial charge in [0, 0.05) is 47.9 Å². The highest BCUT2D eigenvalue weighted by molar-refractivity contribution is 7.98. The molecule has 0 aromatic carbocycles. The van der Waals surface area contributed by atoms with Crippen LogP contribution in [0, 0.1) is 17.0 Å². The molecular weight excluding hydrogens is 376 g/mol. The molecule has 9 nitrogen and oxygen atoms in total. The zero-order valence-corrected chi connectivity index (χ0v) is 16.1. The fraction of sp³-hybridized carbons (Fsp3) is 0.467. The lowest BCUT2D eigenvalue weighted by Crippen LogP contribution is -2.30. The summed E-state index contributed by atoms with van der Waals surface area (Å²) in [5, 5.41) is 20.7. The summed E-state index contributed by atoms with van der Waals surface area (Å²) in [5.41, 5.74) is 3.00. The van der Waals surface area contributed by atoms with Crippen molar-refractivity contribution in [1.29, 1.82) is 0 Å². The summed E-state index contributed by atoms with van der Waals surface area (Å²) in [7, 11) is 0. The molecule has 142 valence electrons. The number of H-pyrrole nitrogens is 1. The van der Waals surface area contributed by atoms with E-state index < -0.39 is 4.92 Å². The van der Waals surface area contributed by atoms with Gasteiger partial charge in [0.1, 0.15) is 6.26 Å². The monoisotopic (exact) mass is 398 g/mol. The first-order chi connectivity index (χ1) is 12.6. The number of aromatic nitrogens is 3. The first kappa shape index (κ1) is 20.2. The summed E-state index contributed by atoms with van der Waals surface area (Å²) in [6.07, 6.45) is 4.19. The van der Waals surface area contributed by atoms with Crippen LogP contribution >= 0.6 is 23.5 Å². The van der Waals surface area contributed by atoms with Crippen molar-refractivity contribution in [3.05, 3.63) is 57.9 Å². The Morgan fingerprint density at radius 3 is 2.65 bits per heavy atom. The van der Waals surface area contributed by atoms with Crippen molar-refractivity contribution in [2.45, 2.75) is 18.4 Å². The maximum atomic E-state index is 10.7. The van der Waals surface area contributed by atoms with Crippen LogP contribution in [0.5, 0.6) is 0 Å². The van der Waals surface area contributed by atoms with E-state index in [-0.39, 0.29) is 0 Å². The number of imidazole rings is 1. The second kappa shape index (κ2) is 11.5. The van der Waals surface area contributed by atoms with Gasteiger partial charge in [-0.15, -0.1) is 0 Å². The van der Waals surface area contributed by atoms with E-state index in [0.29, 0.717) is 18.9 Å². The zero-order valence-electron chi connectivity index (χ0n) is 14.4. The third-order valence-corrected chi connectivity index (χ3v) is 5.24. The molecule has 0 atom stereocenters. The number of hydrogen-bond donors (Lipinski definition) is 3. The predicted molar refractivity (Wildman–Crippen MR) is 103 cm³/mol. The van der Waals surface area contributed by atoms with Gasteiger partial charge in [0.05, 0.1) is 22.6 Å². The van der Waals surface area contributed by atoms with E-state index in [1.54, 1.807) is 36.1 Å². The lowest BCUT2D eigenvalue weighted by Gasteiger charge is -2.11. The van der Waals surface area contributed by atoms with Crippen LogP contribution in [0.3, 0.4) is 0 Å². The Labute approximate surface area is 159 Å². The highest BCUT2D eigenvalue weighted by atomic mass is 32.2. The van der Waals surface area contributed by atoms with Crippen molar-refractivity contribution in [2.24, 2.45) is 0 Å². The van der Waals surface area contributed by atoms with E-state index in [4.69, 9.17) is 4.52 Å². The van der Waals surface area contributed by atoms with Crippen LogP contribution < -0.4 is 10.6 Å². The van der Waals surface area contributed by atoms with Gasteiger partial charge < -0.3 is 20.1 Å². The first-order valence-corrected chi connectivity index (χ1v) is 10.3. The molecule has 11 heteroatoms. The topological polar surface area (TPSA) is 122 Å². The van der Waals surface area contributed by atoms with E-state index in [0.717, 1.165) is 46.3 Å². The molecule has 0 saturated carbocycles. The summed E-state index contributed by atoms with van der Waals surface area (Å²) in [6.45, 7) is 3.24. The quantitative estimate of drug-likeness (QED) is 0.264. The van der Waals surface area contributed by atoms with Crippen LogP contribution in [0.1, 0.15) is 17.1 Å². The van der Waals surface area contributed by atoms with Crippen molar-refractivity contribution in [2.75, 3.05) is 24.6 Å². The SMILES string of the molecule is Cc1[nH]cnc1CSCCNC(=C[N+](=O)[O-])NCCSCc1ccon1. The Morgan fingerprint density at radius 2 is 2.08 bits per heavy atom. The molecule has 0 bridgehead atoms. The number of nitrogens with zero attached hydrogens (tertiary/aromatic N) is 3. The Bertz CT molecular complexity index is 689. The second-order valence-corrected chi connectivity index (χ2v) is 7.46. The van der Waals surface area contributed by atoms with Crippen LogP contribution in [0.25, 0.3) is 0 Å². The van der Waals surface area contributed by atoms with Crippen molar-refractivity contribution < 1.29 is 9.45 Å². The molecule has 0 spiro atoms. The number of aromatic amines is 1. The molecule has 2 aromatic heterocycles. The van der Waals surface area contributed by atoms with Gasteiger partial charge in [0.25, 0.3) is 6.20 Å². The fourth-order valence-electron chi connectivity index (χ4n) is 1.97. The molecule has 0 saturated heterocycles. The van der Waals surface area contributed by atoms with Crippen molar-refractivity contribution >= 4 is 23.5 Å². The standard InChI is InChI=1S/C15H22N6O3S2/c1-12-14(19-11-18-12)10-26-7-4-17-15(8-21(22)23)16-3-6-25-9-13-2-5-24-20-13/h2,5,8,11,16-17H,3-4,6-7,9-10H2,1H3,(H,18,19). The Balaban J connectivity index is 1.60. The number of aryl methyl sites for hydroxylation is 1. The van der Waals surface area contributed by atoms with Crippen LogP contribution in [-0.4, -0.2) is 44.6 Å². The van der Waals surface area contributed by atoms with Crippen LogP contribution in [-0.2, 0) is 11.5 Å². The maximum absolute atomic E-state index is 10.7. The zero-order chi connectivity index (χ0) is 18.6. The number of hydrogen-bond acceptors (Lipinski definition) is 9. The third kappa shape index (κ3) is 7.83. The summed E-state index contributed by atoms with van der Waals surface area (Å²) >= 11 is 3.41. The molecule has 26 heavy (non-hydrogen) atoms. The number of rotatable bonds is 13. The van der Waals surface area contributed by atoms with Gasteiger partial charge in [-0.2, -0.15) is 23.5 Å². The van der Waals surface area contributed by atoms with Gasteiger partial charge in [-0.05, 0) is 6.92 Å².